The number of carboxylic acid groups (broad SMARTS) is 1. The summed E-state index contributed by atoms with van der Waals surface area (Å²) in [5.41, 5.74) is -1.37. The monoisotopic (exact) mass is 1030 g/mol. The molecule has 9 rings (SSSR count). The van der Waals surface area contributed by atoms with E-state index < -0.39 is 159 Å². The van der Waals surface area contributed by atoms with E-state index in [4.69, 9.17) is 37.9 Å². The number of fused-ring (bicyclic) bond motifs is 7. The third kappa shape index (κ3) is 8.77. The summed E-state index contributed by atoms with van der Waals surface area (Å²) in [4.78, 5) is 13.2. The summed E-state index contributed by atoms with van der Waals surface area (Å²) in [6, 6.07) is 0. The molecule has 9 aliphatic rings. The SMILES string of the molecule is CC1(C)CCC2(C(=O)O)C(O)CC3(C)C(=CCC4C5(C)CCC(OC6OCC(O)C(O)C6OC6OCC(O)C(O)C6OC6OCC(O)C(OC7OC(CO)C(O)C(O)C7O)C6O)C(C)(C)C5CCC43C)C2C1. The lowest BCUT2D eigenvalue weighted by molar-refractivity contribution is -0.385. The van der Waals surface area contributed by atoms with Crippen LogP contribution in [0.15, 0.2) is 11.6 Å². The van der Waals surface area contributed by atoms with E-state index in [1.165, 1.54) is 5.57 Å². The van der Waals surface area contributed by atoms with Crippen LogP contribution in [-0.2, 0) is 42.7 Å². The van der Waals surface area contributed by atoms with E-state index in [0.29, 0.717) is 25.7 Å². The minimum Gasteiger partial charge on any atom is -0.481 e. The van der Waals surface area contributed by atoms with Crippen LogP contribution in [0.5, 0.6) is 0 Å². The van der Waals surface area contributed by atoms with Crippen molar-refractivity contribution < 1.29 is 104 Å². The van der Waals surface area contributed by atoms with Crippen LogP contribution in [0.2, 0.25) is 0 Å². The summed E-state index contributed by atoms with van der Waals surface area (Å²) < 4.78 is 47.9. The maximum absolute atomic E-state index is 13.2. The van der Waals surface area contributed by atoms with Crippen molar-refractivity contribution in [2.45, 2.75) is 223 Å². The zero-order valence-electron chi connectivity index (χ0n) is 42.5. The summed E-state index contributed by atoms with van der Waals surface area (Å²) in [6.45, 7) is 13.8. The third-order valence-corrected chi connectivity index (χ3v) is 20.3. The largest absolute Gasteiger partial charge is 0.481 e. The fraction of sp³-hybridized carbons (Fsp3) is 0.941. The third-order valence-electron chi connectivity index (χ3n) is 20.3. The number of hydrogen-bond donors (Lipinski definition) is 12. The molecule has 0 radical (unpaired) electrons. The summed E-state index contributed by atoms with van der Waals surface area (Å²) >= 11 is 0. The molecule has 0 spiro atoms. The Morgan fingerprint density at radius 3 is 1.82 bits per heavy atom. The molecule has 8 fully saturated rings. The van der Waals surface area contributed by atoms with Gasteiger partial charge in [0.25, 0.3) is 0 Å². The smallest absolute Gasteiger partial charge is 0.312 e. The van der Waals surface area contributed by atoms with Crippen LogP contribution in [0, 0.1) is 50.2 Å². The highest BCUT2D eigenvalue weighted by molar-refractivity contribution is 5.77. The lowest BCUT2D eigenvalue weighted by Crippen LogP contribution is -2.68. The molecule has 5 aliphatic carbocycles. The highest BCUT2D eigenvalue weighted by atomic mass is 16.8. The Hall–Kier alpha value is -1.55. The van der Waals surface area contributed by atoms with Crippen molar-refractivity contribution in [3.05, 3.63) is 11.6 Å². The summed E-state index contributed by atoms with van der Waals surface area (Å²) in [7, 11) is 0. The molecule has 26 unspecified atom stereocenters. The molecule has 4 saturated heterocycles. The second-order valence-corrected chi connectivity index (χ2v) is 25.0. The first-order valence-corrected chi connectivity index (χ1v) is 26.1. The Bertz CT molecular complexity index is 1990. The van der Waals surface area contributed by atoms with Gasteiger partial charge in [0.15, 0.2) is 25.2 Å². The highest BCUT2D eigenvalue weighted by Crippen LogP contribution is 2.76. The summed E-state index contributed by atoms with van der Waals surface area (Å²) in [5.74, 6) is -0.803. The number of carbonyl (C=O) groups is 1. The molecule has 12 N–H and O–H groups in total. The first-order valence-electron chi connectivity index (χ1n) is 26.1. The van der Waals surface area contributed by atoms with Crippen LogP contribution < -0.4 is 0 Å². The van der Waals surface area contributed by atoms with E-state index in [1.807, 2.05) is 0 Å². The van der Waals surface area contributed by atoms with Gasteiger partial charge in [0.05, 0.1) is 38.6 Å². The second kappa shape index (κ2) is 19.7. The molecular formula is C51H82O21. The van der Waals surface area contributed by atoms with Gasteiger partial charge in [-0.05, 0) is 103 Å². The predicted molar refractivity (Wildman–Crippen MR) is 247 cm³/mol. The zero-order valence-corrected chi connectivity index (χ0v) is 42.5. The van der Waals surface area contributed by atoms with Crippen molar-refractivity contribution in [2.75, 3.05) is 26.4 Å². The molecule has 4 heterocycles. The normalized spacial score (nSPS) is 54.3. The van der Waals surface area contributed by atoms with Crippen LogP contribution in [0.1, 0.15) is 106 Å². The van der Waals surface area contributed by atoms with Crippen LogP contribution in [0.25, 0.3) is 0 Å². The van der Waals surface area contributed by atoms with Gasteiger partial charge in [-0.2, -0.15) is 0 Å². The number of allylic oxidation sites excluding steroid dienone is 2. The van der Waals surface area contributed by atoms with Gasteiger partial charge in [0.2, 0.25) is 0 Å². The molecule has 412 valence electrons. The van der Waals surface area contributed by atoms with Crippen molar-refractivity contribution in [3.63, 3.8) is 0 Å². The summed E-state index contributed by atoms with van der Waals surface area (Å²) in [5, 5.41) is 130. The zero-order chi connectivity index (χ0) is 52.4. The summed E-state index contributed by atoms with van der Waals surface area (Å²) in [6.07, 6.45) is -20.5. The Balaban J connectivity index is 0.915. The first-order chi connectivity index (χ1) is 33.7. The van der Waals surface area contributed by atoms with Crippen molar-refractivity contribution >= 4 is 5.97 Å². The van der Waals surface area contributed by atoms with Crippen molar-refractivity contribution in [1.29, 1.82) is 0 Å². The number of aliphatic hydroxyl groups excluding tert-OH is 11. The number of carboxylic acids is 1. The maximum atomic E-state index is 13.2. The molecule has 4 saturated carbocycles. The molecular weight excluding hydrogens is 949 g/mol. The van der Waals surface area contributed by atoms with E-state index in [1.54, 1.807) is 0 Å². The molecule has 26 atom stereocenters. The van der Waals surface area contributed by atoms with Gasteiger partial charge in [-0.15, -0.1) is 0 Å². The van der Waals surface area contributed by atoms with Crippen LogP contribution in [0.4, 0.5) is 0 Å². The fourth-order valence-electron chi connectivity index (χ4n) is 15.9. The van der Waals surface area contributed by atoms with Gasteiger partial charge in [-0.1, -0.05) is 60.1 Å². The predicted octanol–water partition coefficient (Wildman–Crippen LogP) is -0.581. The van der Waals surface area contributed by atoms with Crippen molar-refractivity contribution in [1.82, 2.24) is 0 Å². The number of ether oxygens (including phenoxy) is 8. The molecule has 0 aromatic rings. The number of aliphatic hydroxyl groups is 11. The van der Waals surface area contributed by atoms with E-state index >= 15 is 0 Å². The second-order valence-electron chi connectivity index (χ2n) is 25.0. The van der Waals surface area contributed by atoms with Gasteiger partial charge < -0.3 is 99.2 Å². The van der Waals surface area contributed by atoms with Gasteiger partial charge in [0, 0.05) is 0 Å². The molecule has 0 aromatic heterocycles. The molecule has 4 aliphatic heterocycles. The lowest BCUT2D eigenvalue weighted by atomic mass is 9.33. The minimum absolute atomic E-state index is 0.0569. The van der Waals surface area contributed by atoms with Crippen molar-refractivity contribution in [3.8, 4) is 0 Å². The van der Waals surface area contributed by atoms with E-state index in [9.17, 15) is 66.1 Å². The Labute approximate surface area is 420 Å². The van der Waals surface area contributed by atoms with E-state index in [2.05, 4.69) is 54.5 Å². The molecule has 0 bridgehead atoms. The Morgan fingerprint density at radius 1 is 0.611 bits per heavy atom. The topological polar surface area (TPSA) is 334 Å². The van der Waals surface area contributed by atoms with E-state index in [0.717, 1.165) is 32.1 Å². The van der Waals surface area contributed by atoms with Crippen LogP contribution in [0.3, 0.4) is 0 Å². The Kier molecular flexibility index (Phi) is 15.1. The standard InChI is InChI=1S/C51H82O21/c1-46(2)14-15-51(45(63)64)23(16-46)22-8-9-29-48(5)12-11-31(47(3,4)28(48)10-13-49(29,6)50(22,7)17-30(51)56)69-43-39(32(57)24(53)19-66-43)72-44-40(33(58)25(54)20-67-44)71-41-37(62)38(26(55)21-65-41)70-42-36(61)35(60)34(59)27(18-52)68-42/h8,23-44,52-62H,9-21H2,1-7H3,(H,63,64). The first kappa shape index (κ1) is 55.2. The van der Waals surface area contributed by atoms with Crippen LogP contribution in [-0.4, -0.2) is 210 Å². The van der Waals surface area contributed by atoms with Crippen LogP contribution >= 0.6 is 0 Å². The number of hydrogen-bond acceptors (Lipinski definition) is 20. The van der Waals surface area contributed by atoms with Gasteiger partial charge in [-0.3, -0.25) is 4.79 Å². The molecule has 0 aromatic carbocycles. The fourth-order valence-corrected chi connectivity index (χ4v) is 15.9. The highest BCUT2D eigenvalue weighted by Gasteiger charge is 2.71. The van der Waals surface area contributed by atoms with E-state index in [-0.39, 0.29) is 40.6 Å². The van der Waals surface area contributed by atoms with Gasteiger partial charge in [-0.25, -0.2) is 0 Å². The molecule has 0 amide bonds. The molecule has 72 heavy (non-hydrogen) atoms. The average Bonchev–Trinajstić information content (AvgIpc) is 3.31. The average molecular weight is 1030 g/mol. The quantitative estimate of drug-likeness (QED) is 0.0962. The Morgan fingerprint density at radius 2 is 1.19 bits per heavy atom. The number of rotatable bonds is 10. The molecule has 21 nitrogen and oxygen atoms in total. The lowest BCUT2D eigenvalue weighted by Gasteiger charge is -2.71. The van der Waals surface area contributed by atoms with Gasteiger partial charge >= 0.3 is 5.97 Å². The van der Waals surface area contributed by atoms with Crippen molar-refractivity contribution in [2.24, 2.45) is 50.2 Å². The minimum atomic E-state index is -1.89. The maximum Gasteiger partial charge on any atom is 0.312 e. The van der Waals surface area contributed by atoms with Gasteiger partial charge in [0.1, 0.15) is 84.8 Å². The number of aliphatic carboxylic acids is 1. The molecule has 21 heteroatoms.